The number of sulfonamides is 1. The zero-order valence-electron chi connectivity index (χ0n) is 11.9. The first-order valence-electron chi connectivity index (χ1n) is 6.26. The number of carbonyl (C=O) groups excluding carboxylic acids is 1. The fourth-order valence-electron chi connectivity index (χ4n) is 1.86. The molecule has 4 N–H and O–H groups in total. The van der Waals surface area contributed by atoms with Crippen LogP contribution >= 0.6 is 0 Å². The summed E-state index contributed by atoms with van der Waals surface area (Å²) in [7, 11) is -2.23. The number of aliphatic hydroxyl groups excluding tert-OH is 1. The van der Waals surface area contributed by atoms with E-state index < -0.39 is 21.5 Å². The van der Waals surface area contributed by atoms with E-state index in [1.54, 1.807) is 14.0 Å². The lowest BCUT2D eigenvalue weighted by atomic mass is 9.97. The molecule has 0 saturated heterocycles. The van der Waals surface area contributed by atoms with Crippen molar-refractivity contribution >= 4 is 15.9 Å². The van der Waals surface area contributed by atoms with Crippen LogP contribution < -0.4 is 10.5 Å². The second-order valence-corrected chi connectivity index (χ2v) is 6.71. The van der Waals surface area contributed by atoms with Crippen LogP contribution in [0.1, 0.15) is 37.2 Å². The van der Waals surface area contributed by atoms with Crippen molar-refractivity contribution < 1.29 is 18.3 Å². The van der Waals surface area contributed by atoms with Crippen molar-refractivity contribution in [1.82, 2.24) is 9.29 Å². The number of nitrogens with two attached hydrogens (primary N) is 1. The third-order valence-electron chi connectivity index (χ3n) is 3.37. The van der Waals surface area contributed by atoms with Gasteiger partial charge in [0.1, 0.15) is 10.6 Å². The normalized spacial score (nSPS) is 15.0. The van der Waals surface area contributed by atoms with Gasteiger partial charge in [-0.05, 0) is 25.8 Å². The summed E-state index contributed by atoms with van der Waals surface area (Å²) in [6.07, 6.45) is 2.16. The topological polar surface area (TPSA) is 114 Å². The second-order valence-electron chi connectivity index (χ2n) is 5.03. The van der Waals surface area contributed by atoms with Gasteiger partial charge in [0.2, 0.25) is 10.0 Å². The van der Waals surface area contributed by atoms with Gasteiger partial charge in [0.15, 0.2) is 0 Å². The van der Waals surface area contributed by atoms with Crippen LogP contribution in [0.3, 0.4) is 0 Å². The van der Waals surface area contributed by atoms with Gasteiger partial charge in [0.25, 0.3) is 5.91 Å². The molecular formula is C12H21N3O4S. The predicted molar refractivity (Wildman–Crippen MR) is 74.7 cm³/mol. The van der Waals surface area contributed by atoms with Crippen LogP contribution in [0.2, 0.25) is 0 Å². The van der Waals surface area contributed by atoms with Crippen LogP contribution in [0.4, 0.5) is 0 Å². The number of hydrogen-bond acceptors (Lipinski definition) is 4. The van der Waals surface area contributed by atoms with Gasteiger partial charge in [-0.25, -0.2) is 13.1 Å². The lowest BCUT2D eigenvalue weighted by Crippen LogP contribution is -2.45. The molecule has 0 bridgehead atoms. The van der Waals surface area contributed by atoms with Gasteiger partial charge in [0.05, 0.1) is 0 Å². The van der Waals surface area contributed by atoms with Crippen molar-refractivity contribution in [2.24, 2.45) is 12.8 Å². The Bertz CT molecular complexity index is 594. The van der Waals surface area contributed by atoms with Gasteiger partial charge in [-0.1, -0.05) is 6.92 Å². The quantitative estimate of drug-likeness (QED) is 0.655. The van der Waals surface area contributed by atoms with Crippen LogP contribution in [-0.2, 0) is 17.1 Å². The van der Waals surface area contributed by atoms with Crippen molar-refractivity contribution in [3.63, 3.8) is 0 Å². The Morgan fingerprint density at radius 1 is 1.55 bits per heavy atom. The first-order chi connectivity index (χ1) is 9.15. The van der Waals surface area contributed by atoms with Crippen LogP contribution in [0.15, 0.2) is 17.2 Å². The highest BCUT2D eigenvalue weighted by Crippen LogP contribution is 2.20. The maximum absolute atomic E-state index is 12.3. The summed E-state index contributed by atoms with van der Waals surface area (Å²) in [6, 6.07) is 1.24. The molecule has 0 fully saturated rings. The number of carbonyl (C=O) groups is 1. The van der Waals surface area contributed by atoms with Crippen molar-refractivity contribution in [2.45, 2.75) is 37.1 Å². The molecule has 0 aromatic carbocycles. The molecule has 1 heterocycles. The monoisotopic (exact) mass is 303 g/mol. The number of hydrogen-bond donors (Lipinski definition) is 3. The van der Waals surface area contributed by atoms with E-state index in [9.17, 15) is 13.2 Å². The minimum atomic E-state index is -3.78. The molecule has 0 aliphatic rings. The molecule has 1 aromatic heterocycles. The van der Waals surface area contributed by atoms with Crippen LogP contribution in [0, 0.1) is 0 Å². The molecule has 7 nitrogen and oxygen atoms in total. The highest BCUT2D eigenvalue weighted by molar-refractivity contribution is 7.89. The summed E-state index contributed by atoms with van der Waals surface area (Å²) in [6.45, 7) is 3.44. The SMILES string of the molecule is CCC(C)(CCO)NS(=O)(=O)c1cc(C(N)=O)n(C)c1. The third-order valence-corrected chi connectivity index (χ3v) is 4.97. The van der Waals surface area contributed by atoms with E-state index in [2.05, 4.69) is 4.72 Å². The maximum Gasteiger partial charge on any atom is 0.265 e. The second kappa shape index (κ2) is 5.94. The van der Waals surface area contributed by atoms with E-state index in [0.717, 1.165) is 0 Å². The zero-order chi connectivity index (χ0) is 15.6. The summed E-state index contributed by atoms with van der Waals surface area (Å²) in [5, 5.41) is 9.02. The van der Waals surface area contributed by atoms with E-state index >= 15 is 0 Å². The summed E-state index contributed by atoms with van der Waals surface area (Å²) < 4.78 is 28.6. The molecular weight excluding hydrogens is 282 g/mol. The molecule has 114 valence electrons. The maximum atomic E-state index is 12.3. The van der Waals surface area contributed by atoms with Gasteiger partial charge >= 0.3 is 0 Å². The van der Waals surface area contributed by atoms with E-state index in [-0.39, 0.29) is 17.2 Å². The Morgan fingerprint density at radius 2 is 2.15 bits per heavy atom. The minimum absolute atomic E-state index is 0.0218. The fraction of sp³-hybridized carbons (Fsp3) is 0.583. The molecule has 0 aliphatic carbocycles. The molecule has 1 atom stereocenters. The molecule has 1 rings (SSSR count). The van der Waals surface area contributed by atoms with Gasteiger partial charge in [0, 0.05) is 25.4 Å². The molecule has 20 heavy (non-hydrogen) atoms. The van der Waals surface area contributed by atoms with E-state index in [1.807, 2.05) is 6.92 Å². The van der Waals surface area contributed by atoms with Gasteiger partial charge in [-0.3, -0.25) is 4.79 Å². The number of aryl methyl sites for hydroxylation is 1. The number of amides is 1. The lowest BCUT2D eigenvalue weighted by Gasteiger charge is -2.28. The van der Waals surface area contributed by atoms with Crippen LogP contribution in [0.25, 0.3) is 0 Å². The number of nitrogens with one attached hydrogen (secondary N) is 1. The highest BCUT2D eigenvalue weighted by Gasteiger charge is 2.29. The molecule has 0 aliphatic heterocycles. The predicted octanol–water partition coefficient (Wildman–Crippen LogP) is -0.0466. The Kier molecular flexibility index (Phi) is 4.95. The van der Waals surface area contributed by atoms with E-state index in [1.165, 1.54) is 16.8 Å². The Hall–Kier alpha value is -1.38. The zero-order valence-corrected chi connectivity index (χ0v) is 12.7. The molecule has 0 saturated carbocycles. The van der Waals surface area contributed by atoms with Crippen molar-refractivity contribution in [2.75, 3.05) is 6.61 Å². The molecule has 1 unspecified atom stereocenters. The Balaban J connectivity index is 3.11. The Morgan fingerprint density at radius 3 is 2.55 bits per heavy atom. The average Bonchev–Trinajstić information content (AvgIpc) is 2.72. The van der Waals surface area contributed by atoms with Crippen molar-refractivity contribution in [3.8, 4) is 0 Å². The van der Waals surface area contributed by atoms with Gasteiger partial charge in [-0.2, -0.15) is 0 Å². The molecule has 0 radical (unpaired) electrons. The average molecular weight is 303 g/mol. The van der Waals surface area contributed by atoms with Crippen molar-refractivity contribution in [1.29, 1.82) is 0 Å². The number of rotatable bonds is 7. The first-order valence-corrected chi connectivity index (χ1v) is 7.74. The third kappa shape index (κ3) is 3.59. The summed E-state index contributed by atoms with van der Waals surface area (Å²) in [4.78, 5) is 11.1. The van der Waals surface area contributed by atoms with Gasteiger partial charge in [-0.15, -0.1) is 0 Å². The molecule has 1 aromatic rings. The number of aliphatic hydroxyl groups is 1. The van der Waals surface area contributed by atoms with Crippen LogP contribution in [-0.4, -0.2) is 36.1 Å². The minimum Gasteiger partial charge on any atom is -0.396 e. The fourth-order valence-corrected chi connectivity index (χ4v) is 3.43. The van der Waals surface area contributed by atoms with Crippen LogP contribution in [0.5, 0.6) is 0 Å². The number of primary amides is 1. The molecule has 8 heteroatoms. The molecule has 1 amide bonds. The molecule has 0 spiro atoms. The summed E-state index contributed by atoms with van der Waals surface area (Å²) in [5.74, 6) is -0.692. The number of nitrogens with zero attached hydrogens (tertiary/aromatic N) is 1. The van der Waals surface area contributed by atoms with E-state index in [0.29, 0.717) is 12.8 Å². The Labute approximate surface area is 118 Å². The largest absolute Gasteiger partial charge is 0.396 e. The standard InChI is InChI=1S/C12H21N3O4S/c1-4-12(2,5-6-16)14-20(18,19)9-7-10(11(13)17)15(3)8-9/h7-8,14,16H,4-6H2,1-3H3,(H2,13,17). The van der Waals surface area contributed by atoms with Gasteiger partial charge < -0.3 is 15.4 Å². The lowest BCUT2D eigenvalue weighted by molar-refractivity contribution is 0.0992. The first kappa shape index (κ1) is 16.7. The summed E-state index contributed by atoms with van der Waals surface area (Å²) in [5.41, 5.74) is 4.54. The smallest absolute Gasteiger partial charge is 0.265 e. The number of aromatic nitrogens is 1. The summed E-state index contributed by atoms with van der Waals surface area (Å²) >= 11 is 0. The van der Waals surface area contributed by atoms with Crippen molar-refractivity contribution in [3.05, 3.63) is 18.0 Å². The highest BCUT2D eigenvalue weighted by atomic mass is 32.2. The van der Waals surface area contributed by atoms with E-state index in [4.69, 9.17) is 10.8 Å².